The molecule has 7 nitrogen and oxygen atoms in total. The number of amides is 2. The fourth-order valence-corrected chi connectivity index (χ4v) is 5.65. The van der Waals surface area contributed by atoms with Crippen molar-refractivity contribution in [1.82, 2.24) is 4.31 Å². The highest BCUT2D eigenvalue weighted by atomic mass is 32.2. The summed E-state index contributed by atoms with van der Waals surface area (Å²) in [6, 6.07) is 10.4. The van der Waals surface area contributed by atoms with Crippen LogP contribution in [0, 0.1) is 5.82 Å². The van der Waals surface area contributed by atoms with Crippen LogP contribution in [-0.4, -0.2) is 44.2 Å². The molecular formula is C22H24FN3O4S. The van der Waals surface area contributed by atoms with Crippen LogP contribution in [0.3, 0.4) is 0 Å². The van der Waals surface area contributed by atoms with Crippen molar-refractivity contribution in [2.75, 3.05) is 29.9 Å². The van der Waals surface area contributed by atoms with E-state index in [9.17, 15) is 22.4 Å². The van der Waals surface area contributed by atoms with Crippen molar-refractivity contribution in [3.63, 3.8) is 0 Å². The predicted molar refractivity (Wildman–Crippen MR) is 115 cm³/mol. The lowest BCUT2D eigenvalue weighted by Gasteiger charge is -2.20. The van der Waals surface area contributed by atoms with Gasteiger partial charge in [-0.25, -0.2) is 12.8 Å². The zero-order valence-electron chi connectivity index (χ0n) is 17.4. The third kappa shape index (κ3) is 3.72. The molecule has 0 aromatic heterocycles. The predicted octanol–water partition coefficient (Wildman–Crippen LogP) is 2.87. The minimum absolute atomic E-state index is 0.0330. The van der Waals surface area contributed by atoms with Crippen molar-refractivity contribution in [3.05, 3.63) is 53.8 Å². The van der Waals surface area contributed by atoms with Crippen LogP contribution < -0.4 is 10.2 Å². The van der Waals surface area contributed by atoms with E-state index < -0.39 is 27.2 Å². The Hall–Kier alpha value is -2.78. The number of carbonyl (C=O) groups is 2. The molecule has 1 N–H and O–H groups in total. The highest BCUT2D eigenvalue weighted by Gasteiger charge is 2.45. The third-order valence-electron chi connectivity index (χ3n) is 5.86. The summed E-state index contributed by atoms with van der Waals surface area (Å²) in [5.74, 6) is -1.43. The average molecular weight is 446 g/mol. The summed E-state index contributed by atoms with van der Waals surface area (Å²) in [6.07, 6.45) is 1.66. The second kappa shape index (κ2) is 7.72. The van der Waals surface area contributed by atoms with Gasteiger partial charge in [-0.1, -0.05) is 12.1 Å². The minimum atomic E-state index is -3.63. The number of rotatable bonds is 5. The molecule has 31 heavy (non-hydrogen) atoms. The number of carbonyl (C=O) groups excluding carboxylic acids is 2. The van der Waals surface area contributed by atoms with Gasteiger partial charge >= 0.3 is 0 Å². The second-order valence-corrected chi connectivity index (χ2v) is 10.3. The molecular weight excluding hydrogens is 421 g/mol. The van der Waals surface area contributed by atoms with E-state index in [-0.39, 0.29) is 23.0 Å². The van der Waals surface area contributed by atoms with Gasteiger partial charge in [-0.3, -0.25) is 9.59 Å². The van der Waals surface area contributed by atoms with Gasteiger partial charge in [0.15, 0.2) is 0 Å². The molecule has 0 unspecified atom stereocenters. The summed E-state index contributed by atoms with van der Waals surface area (Å²) in [4.78, 5) is 27.0. The smallest absolute Gasteiger partial charge is 0.244 e. The van der Waals surface area contributed by atoms with E-state index in [0.29, 0.717) is 24.3 Å². The lowest BCUT2D eigenvalue weighted by atomic mass is 9.86. The van der Waals surface area contributed by atoms with Crippen LogP contribution in [0.15, 0.2) is 47.4 Å². The Balaban J connectivity index is 1.62. The van der Waals surface area contributed by atoms with E-state index in [2.05, 4.69) is 5.32 Å². The molecule has 0 atom stereocenters. The summed E-state index contributed by atoms with van der Waals surface area (Å²) in [6.45, 7) is 4.08. The molecule has 0 radical (unpaired) electrons. The molecule has 2 aliphatic rings. The Morgan fingerprint density at radius 1 is 1.13 bits per heavy atom. The Kier molecular flexibility index (Phi) is 5.35. The minimum Gasteiger partial charge on any atom is -0.322 e. The Labute approximate surface area is 180 Å². The number of para-hydroxylation sites is 1. The van der Waals surface area contributed by atoms with E-state index in [1.165, 1.54) is 39.5 Å². The first-order valence-corrected chi connectivity index (χ1v) is 11.6. The zero-order valence-corrected chi connectivity index (χ0v) is 18.2. The lowest BCUT2D eigenvalue weighted by molar-refractivity contribution is -0.124. The van der Waals surface area contributed by atoms with Crippen molar-refractivity contribution in [1.29, 1.82) is 0 Å². The number of anilines is 2. The van der Waals surface area contributed by atoms with Gasteiger partial charge in [-0.2, -0.15) is 4.31 Å². The Bertz CT molecular complexity index is 1160. The maximum absolute atomic E-state index is 13.8. The molecule has 2 aromatic rings. The van der Waals surface area contributed by atoms with Crippen LogP contribution >= 0.6 is 0 Å². The first kappa shape index (κ1) is 21.5. The number of hydrogen-bond donors (Lipinski definition) is 1. The lowest BCUT2D eigenvalue weighted by Crippen LogP contribution is -2.40. The summed E-state index contributed by atoms with van der Waals surface area (Å²) in [7, 11) is -3.63. The van der Waals surface area contributed by atoms with Gasteiger partial charge in [-0.05, 0) is 62.6 Å². The topological polar surface area (TPSA) is 86.8 Å². The number of hydrogen-bond acceptors (Lipinski definition) is 4. The highest BCUT2D eigenvalue weighted by molar-refractivity contribution is 7.89. The first-order chi connectivity index (χ1) is 14.6. The van der Waals surface area contributed by atoms with Crippen molar-refractivity contribution < 1.29 is 22.4 Å². The monoisotopic (exact) mass is 445 g/mol. The van der Waals surface area contributed by atoms with Gasteiger partial charge in [0.1, 0.15) is 12.4 Å². The maximum atomic E-state index is 13.8. The third-order valence-corrected chi connectivity index (χ3v) is 7.76. The fraction of sp³-hybridized carbons (Fsp3) is 0.364. The Morgan fingerprint density at radius 2 is 1.81 bits per heavy atom. The molecule has 0 bridgehead atoms. The standard InChI is InChI=1S/C22H24FN3O4S/c1-22(2)16-13-15(31(29,30)25-11-5-6-12-25)9-10-19(16)26(21(22)28)14-20(27)24-18-8-4-3-7-17(18)23/h3-4,7-10,13H,5-6,11-12,14H2,1-2H3,(H,24,27). The van der Waals surface area contributed by atoms with Crippen LogP contribution in [0.1, 0.15) is 32.3 Å². The zero-order chi connectivity index (χ0) is 22.4. The van der Waals surface area contributed by atoms with Gasteiger partial charge in [-0.15, -0.1) is 0 Å². The quantitative estimate of drug-likeness (QED) is 0.767. The van der Waals surface area contributed by atoms with Gasteiger partial charge in [0.2, 0.25) is 21.8 Å². The van der Waals surface area contributed by atoms with Crippen LogP contribution in [0.5, 0.6) is 0 Å². The van der Waals surface area contributed by atoms with Gasteiger partial charge < -0.3 is 10.2 Å². The molecule has 164 valence electrons. The molecule has 2 amide bonds. The van der Waals surface area contributed by atoms with E-state index in [0.717, 1.165) is 12.8 Å². The van der Waals surface area contributed by atoms with Crippen LogP contribution in [-0.2, 0) is 25.0 Å². The van der Waals surface area contributed by atoms with E-state index in [4.69, 9.17) is 0 Å². The number of fused-ring (bicyclic) bond motifs is 1. The maximum Gasteiger partial charge on any atom is 0.244 e. The molecule has 1 saturated heterocycles. The van der Waals surface area contributed by atoms with Crippen molar-refractivity contribution >= 4 is 33.2 Å². The summed E-state index contributed by atoms with van der Waals surface area (Å²) in [5.41, 5.74) is 0.0747. The van der Waals surface area contributed by atoms with Gasteiger partial charge in [0, 0.05) is 18.8 Å². The molecule has 9 heteroatoms. The Morgan fingerprint density at radius 3 is 2.48 bits per heavy atom. The van der Waals surface area contributed by atoms with Crippen LogP contribution in [0.25, 0.3) is 0 Å². The number of halogens is 1. The van der Waals surface area contributed by atoms with E-state index >= 15 is 0 Å². The normalized spacial score (nSPS) is 18.3. The largest absolute Gasteiger partial charge is 0.322 e. The molecule has 4 rings (SSSR count). The molecule has 2 aliphatic heterocycles. The molecule has 0 spiro atoms. The summed E-state index contributed by atoms with van der Waals surface area (Å²) >= 11 is 0. The SMILES string of the molecule is CC1(C)C(=O)N(CC(=O)Nc2ccccc2F)c2ccc(S(=O)(=O)N3CCCC3)cc21. The summed E-state index contributed by atoms with van der Waals surface area (Å²) < 4.78 is 41.2. The number of benzene rings is 2. The average Bonchev–Trinajstić information content (AvgIpc) is 3.33. The fourth-order valence-electron chi connectivity index (χ4n) is 4.10. The van der Waals surface area contributed by atoms with Crippen LogP contribution in [0.2, 0.25) is 0 Å². The van der Waals surface area contributed by atoms with Crippen molar-refractivity contribution in [2.24, 2.45) is 0 Å². The first-order valence-electron chi connectivity index (χ1n) is 10.1. The number of nitrogens with zero attached hydrogens (tertiary/aromatic N) is 2. The molecule has 2 aromatic carbocycles. The number of nitrogens with one attached hydrogen (secondary N) is 1. The summed E-state index contributed by atoms with van der Waals surface area (Å²) in [5, 5.41) is 2.48. The van der Waals surface area contributed by atoms with Crippen molar-refractivity contribution in [3.8, 4) is 0 Å². The van der Waals surface area contributed by atoms with Crippen molar-refractivity contribution in [2.45, 2.75) is 37.0 Å². The van der Waals surface area contributed by atoms with Gasteiger partial charge in [0.05, 0.1) is 16.0 Å². The molecule has 0 saturated carbocycles. The van der Waals surface area contributed by atoms with Gasteiger partial charge in [0.25, 0.3) is 0 Å². The van der Waals surface area contributed by atoms with Crippen LogP contribution in [0.4, 0.5) is 15.8 Å². The number of sulfonamides is 1. The van der Waals surface area contributed by atoms with E-state index in [1.54, 1.807) is 26.0 Å². The molecule has 2 heterocycles. The van der Waals surface area contributed by atoms with E-state index in [1.807, 2.05) is 0 Å². The highest BCUT2D eigenvalue weighted by Crippen LogP contribution is 2.43. The molecule has 1 fully saturated rings. The molecule has 0 aliphatic carbocycles. The second-order valence-electron chi connectivity index (χ2n) is 8.33.